The maximum atomic E-state index is 12.2. The molecule has 2 atom stereocenters. The molecule has 1 saturated heterocycles. The Morgan fingerprint density at radius 3 is 2.88 bits per heavy atom. The topological polar surface area (TPSA) is 104 Å². The molecule has 1 aliphatic heterocycles. The van der Waals surface area contributed by atoms with E-state index in [2.05, 4.69) is 26.0 Å². The lowest BCUT2D eigenvalue weighted by molar-refractivity contribution is 0.244. The molecule has 25 heavy (non-hydrogen) atoms. The largest absolute Gasteiger partial charge is 0.336 e. The highest BCUT2D eigenvalue weighted by molar-refractivity contribution is 5.95. The van der Waals surface area contributed by atoms with Gasteiger partial charge in [-0.05, 0) is 32.0 Å². The molecule has 1 aromatic carbocycles. The summed E-state index contributed by atoms with van der Waals surface area (Å²) < 4.78 is 1.69. The fourth-order valence-corrected chi connectivity index (χ4v) is 2.62. The number of carbonyl (C=O) groups is 2. The molecule has 0 radical (unpaired) electrons. The molecule has 0 unspecified atom stereocenters. The lowest BCUT2D eigenvalue weighted by Crippen LogP contribution is -2.40. The fourth-order valence-electron chi connectivity index (χ4n) is 2.62. The molecule has 0 saturated carbocycles. The molecule has 0 aliphatic carbocycles. The Balaban J connectivity index is 1.60. The Morgan fingerprint density at radius 1 is 1.36 bits per heavy atom. The van der Waals surface area contributed by atoms with Crippen molar-refractivity contribution in [1.82, 2.24) is 25.4 Å². The molecular formula is C16H21N7O2. The van der Waals surface area contributed by atoms with E-state index in [1.165, 1.54) is 6.33 Å². The maximum absolute atomic E-state index is 12.2. The van der Waals surface area contributed by atoms with Gasteiger partial charge in [-0.25, -0.2) is 19.3 Å². The van der Waals surface area contributed by atoms with E-state index in [1.807, 2.05) is 19.9 Å². The third kappa shape index (κ3) is 3.87. The van der Waals surface area contributed by atoms with Crippen LogP contribution in [0, 0.1) is 0 Å². The van der Waals surface area contributed by atoms with Crippen LogP contribution in [-0.4, -0.2) is 46.0 Å². The Hall–Kier alpha value is -3.10. The summed E-state index contributed by atoms with van der Waals surface area (Å²) in [6.45, 7) is 5.08. The molecule has 1 fully saturated rings. The Bertz CT molecular complexity index is 747. The maximum Gasteiger partial charge on any atom is 0.321 e. The van der Waals surface area contributed by atoms with Gasteiger partial charge in [-0.3, -0.25) is 4.90 Å². The van der Waals surface area contributed by atoms with Crippen molar-refractivity contribution < 1.29 is 9.59 Å². The summed E-state index contributed by atoms with van der Waals surface area (Å²) >= 11 is 0. The number of amides is 4. The minimum absolute atomic E-state index is 0.0344. The van der Waals surface area contributed by atoms with Crippen molar-refractivity contribution in [2.75, 3.05) is 23.3 Å². The second-order valence-electron chi connectivity index (χ2n) is 5.94. The van der Waals surface area contributed by atoms with E-state index in [-0.39, 0.29) is 24.1 Å². The molecule has 2 heterocycles. The van der Waals surface area contributed by atoms with Crippen molar-refractivity contribution in [3.63, 3.8) is 0 Å². The summed E-state index contributed by atoms with van der Waals surface area (Å²) in [5.41, 5.74) is 1.37. The first-order valence-corrected chi connectivity index (χ1v) is 8.11. The number of nitrogens with zero attached hydrogens (tertiary/aromatic N) is 4. The smallest absolute Gasteiger partial charge is 0.321 e. The van der Waals surface area contributed by atoms with E-state index in [4.69, 9.17) is 0 Å². The van der Waals surface area contributed by atoms with Gasteiger partial charge in [0.05, 0.1) is 6.04 Å². The van der Waals surface area contributed by atoms with Gasteiger partial charge in [-0.15, -0.1) is 0 Å². The average molecular weight is 343 g/mol. The van der Waals surface area contributed by atoms with Crippen molar-refractivity contribution in [3.8, 4) is 0 Å². The van der Waals surface area contributed by atoms with E-state index in [0.717, 1.165) is 5.69 Å². The quantitative estimate of drug-likeness (QED) is 0.766. The average Bonchev–Trinajstić information content (AvgIpc) is 3.25. The van der Waals surface area contributed by atoms with Crippen molar-refractivity contribution in [2.24, 2.45) is 0 Å². The first-order chi connectivity index (χ1) is 12.0. The Morgan fingerprint density at radius 2 is 2.20 bits per heavy atom. The monoisotopic (exact) mass is 343 g/mol. The van der Waals surface area contributed by atoms with Crippen molar-refractivity contribution in [2.45, 2.75) is 25.9 Å². The molecule has 3 rings (SSSR count). The van der Waals surface area contributed by atoms with Crippen molar-refractivity contribution in [3.05, 3.63) is 36.9 Å². The van der Waals surface area contributed by atoms with Gasteiger partial charge in [0.2, 0.25) is 0 Å². The van der Waals surface area contributed by atoms with Gasteiger partial charge >= 0.3 is 12.1 Å². The van der Waals surface area contributed by atoms with E-state index in [0.29, 0.717) is 18.8 Å². The minimum atomic E-state index is -0.317. The van der Waals surface area contributed by atoms with Crippen LogP contribution < -0.4 is 20.9 Å². The van der Waals surface area contributed by atoms with Crippen molar-refractivity contribution >= 4 is 23.4 Å². The first-order valence-electron chi connectivity index (χ1n) is 8.11. The second-order valence-corrected chi connectivity index (χ2v) is 5.94. The second kappa shape index (κ2) is 7.20. The van der Waals surface area contributed by atoms with E-state index in [1.54, 1.807) is 34.1 Å². The zero-order valence-corrected chi connectivity index (χ0v) is 14.1. The molecule has 4 amide bonds. The molecule has 1 aromatic heterocycles. The van der Waals surface area contributed by atoms with Gasteiger partial charge in [0.1, 0.15) is 12.7 Å². The molecule has 9 heteroatoms. The fraction of sp³-hybridized carbons (Fsp3) is 0.375. The van der Waals surface area contributed by atoms with Gasteiger partial charge in [-0.2, -0.15) is 5.10 Å². The van der Waals surface area contributed by atoms with Crippen LogP contribution in [0.25, 0.3) is 0 Å². The number of benzene rings is 1. The number of carbonyl (C=O) groups excluding carboxylic acids is 2. The molecule has 3 N–H and O–H groups in total. The summed E-state index contributed by atoms with van der Waals surface area (Å²) in [5, 5.41) is 12.5. The molecular weight excluding hydrogens is 322 g/mol. The van der Waals surface area contributed by atoms with Crippen LogP contribution in [0.2, 0.25) is 0 Å². The highest BCUT2D eigenvalue weighted by atomic mass is 16.2. The van der Waals surface area contributed by atoms with Gasteiger partial charge in [-0.1, -0.05) is 6.07 Å². The lowest BCUT2D eigenvalue weighted by Gasteiger charge is -2.21. The molecule has 2 aromatic rings. The molecule has 0 spiro atoms. The number of aromatic nitrogens is 3. The van der Waals surface area contributed by atoms with Gasteiger partial charge in [0.15, 0.2) is 0 Å². The van der Waals surface area contributed by atoms with Crippen LogP contribution in [0.15, 0.2) is 36.9 Å². The van der Waals surface area contributed by atoms with Crippen LogP contribution in [0.1, 0.15) is 19.9 Å². The van der Waals surface area contributed by atoms with E-state index >= 15 is 0 Å². The zero-order valence-electron chi connectivity index (χ0n) is 14.1. The van der Waals surface area contributed by atoms with Crippen LogP contribution in [0.4, 0.5) is 21.0 Å². The summed E-state index contributed by atoms with van der Waals surface area (Å²) in [6.07, 6.45) is 3.08. The number of nitrogens with one attached hydrogen (secondary N) is 3. The summed E-state index contributed by atoms with van der Waals surface area (Å²) in [7, 11) is 0. The van der Waals surface area contributed by atoms with Crippen molar-refractivity contribution in [1.29, 1.82) is 0 Å². The minimum Gasteiger partial charge on any atom is -0.336 e. The van der Waals surface area contributed by atoms with Crippen LogP contribution in [-0.2, 0) is 0 Å². The van der Waals surface area contributed by atoms with Crippen LogP contribution in [0.5, 0.6) is 0 Å². The molecule has 9 nitrogen and oxygen atoms in total. The zero-order chi connectivity index (χ0) is 17.8. The molecule has 132 valence electrons. The first kappa shape index (κ1) is 16.7. The number of rotatable bonds is 5. The number of hydrogen-bond donors (Lipinski definition) is 3. The Kier molecular flexibility index (Phi) is 4.82. The molecule has 1 aliphatic rings. The molecule has 0 bridgehead atoms. The third-order valence-corrected chi connectivity index (χ3v) is 4.21. The van der Waals surface area contributed by atoms with Gasteiger partial charge < -0.3 is 16.0 Å². The van der Waals surface area contributed by atoms with Gasteiger partial charge in [0.25, 0.3) is 0 Å². The number of hydrogen-bond acceptors (Lipinski definition) is 4. The standard InChI is InChI=1S/C16H21N7O2/c1-11(12(2)23-10-17-9-19-23)20-15(24)21-13-4-3-5-14(8-13)22-7-6-18-16(22)25/h3-5,8-12H,6-7H2,1-2H3,(H,18,25)(H2,20,21,24)/t11-,12-/m1/s1. The predicted octanol–water partition coefficient (Wildman–Crippen LogP) is 1.58. The lowest BCUT2D eigenvalue weighted by atomic mass is 10.2. The Labute approximate surface area is 145 Å². The van der Waals surface area contributed by atoms with Gasteiger partial charge in [0, 0.05) is 30.5 Å². The SMILES string of the molecule is C[C@H]([C@@H](C)NC(=O)Nc1cccc(N2CCNC2=O)c1)n1cncn1. The van der Waals surface area contributed by atoms with Crippen LogP contribution in [0.3, 0.4) is 0 Å². The number of anilines is 2. The summed E-state index contributed by atoms with van der Waals surface area (Å²) in [6, 6.07) is 6.57. The number of urea groups is 2. The van der Waals surface area contributed by atoms with E-state index in [9.17, 15) is 9.59 Å². The summed E-state index contributed by atoms with van der Waals surface area (Å²) in [5.74, 6) is 0. The van der Waals surface area contributed by atoms with E-state index < -0.39 is 0 Å². The summed E-state index contributed by atoms with van der Waals surface area (Å²) in [4.78, 5) is 29.5. The highest BCUT2D eigenvalue weighted by Gasteiger charge is 2.21. The highest BCUT2D eigenvalue weighted by Crippen LogP contribution is 2.21. The third-order valence-electron chi connectivity index (χ3n) is 4.21. The predicted molar refractivity (Wildman–Crippen MR) is 93.5 cm³/mol. The normalized spacial score (nSPS) is 16.2. The van der Waals surface area contributed by atoms with Crippen LogP contribution >= 0.6 is 0 Å².